The topological polar surface area (TPSA) is 73.8 Å². The summed E-state index contributed by atoms with van der Waals surface area (Å²) < 4.78 is 6.63. The van der Waals surface area contributed by atoms with Gasteiger partial charge in [-0.2, -0.15) is 4.98 Å². The third-order valence-corrected chi connectivity index (χ3v) is 3.08. The highest BCUT2D eigenvalue weighted by atomic mass is 16.5. The van der Waals surface area contributed by atoms with Gasteiger partial charge in [-0.15, -0.1) is 0 Å². The Labute approximate surface area is 111 Å². The molecule has 19 heavy (non-hydrogen) atoms. The van der Waals surface area contributed by atoms with E-state index >= 15 is 0 Å². The van der Waals surface area contributed by atoms with Crippen molar-refractivity contribution in [1.29, 1.82) is 0 Å². The summed E-state index contributed by atoms with van der Waals surface area (Å²) >= 11 is 0. The SMILES string of the molecule is CCCCc1noc(Cn2cnc(C)c(C)c2=O)n1. The van der Waals surface area contributed by atoms with E-state index in [9.17, 15) is 4.79 Å². The fourth-order valence-corrected chi connectivity index (χ4v) is 1.72. The Kier molecular flexibility index (Phi) is 4.09. The molecule has 2 heterocycles. The second kappa shape index (κ2) is 5.77. The lowest BCUT2D eigenvalue weighted by Crippen LogP contribution is -2.24. The number of unbranched alkanes of at least 4 members (excludes halogenated alkanes) is 1. The first-order chi connectivity index (χ1) is 9.11. The molecule has 0 amide bonds. The second-order valence-corrected chi connectivity index (χ2v) is 4.60. The molecule has 0 N–H and O–H groups in total. The van der Waals surface area contributed by atoms with Gasteiger partial charge in [-0.3, -0.25) is 9.36 Å². The van der Waals surface area contributed by atoms with E-state index in [2.05, 4.69) is 22.0 Å². The Balaban J connectivity index is 2.15. The fraction of sp³-hybridized carbons (Fsp3) is 0.538. The van der Waals surface area contributed by atoms with Gasteiger partial charge >= 0.3 is 0 Å². The van der Waals surface area contributed by atoms with Crippen LogP contribution >= 0.6 is 0 Å². The van der Waals surface area contributed by atoms with Crippen molar-refractivity contribution in [2.45, 2.75) is 46.6 Å². The molecule has 0 bridgehead atoms. The highest BCUT2D eigenvalue weighted by Gasteiger charge is 2.09. The van der Waals surface area contributed by atoms with E-state index in [1.807, 2.05) is 6.92 Å². The minimum absolute atomic E-state index is 0.0687. The summed E-state index contributed by atoms with van der Waals surface area (Å²) in [7, 11) is 0. The quantitative estimate of drug-likeness (QED) is 0.818. The third-order valence-electron chi connectivity index (χ3n) is 3.08. The summed E-state index contributed by atoms with van der Waals surface area (Å²) in [6, 6.07) is 0. The van der Waals surface area contributed by atoms with Crippen molar-refractivity contribution < 1.29 is 4.52 Å². The lowest BCUT2D eigenvalue weighted by molar-refractivity contribution is 0.363. The summed E-state index contributed by atoms with van der Waals surface area (Å²) in [4.78, 5) is 20.4. The number of nitrogens with zero attached hydrogens (tertiary/aromatic N) is 4. The van der Waals surface area contributed by atoms with E-state index < -0.39 is 0 Å². The number of aryl methyl sites for hydroxylation is 2. The molecule has 2 aromatic heterocycles. The Bertz CT molecular complexity index is 615. The van der Waals surface area contributed by atoms with Gasteiger partial charge in [-0.1, -0.05) is 18.5 Å². The molecule has 0 radical (unpaired) electrons. The van der Waals surface area contributed by atoms with Crippen molar-refractivity contribution in [3.05, 3.63) is 39.7 Å². The van der Waals surface area contributed by atoms with Crippen molar-refractivity contribution in [1.82, 2.24) is 19.7 Å². The van der Waals surface area contributed by atoms with Crippen LogP contribution in [-0.2, 0) is 13.0 Å². The van der Waals surface area contributed by atoms with Crippen LogP contribution in [0.4, 0.5) is 0 Å². The van der Waals surface area contributed by atoms with Crippen molar-refractivity contribution >= 4 is 0 Å². The first-order valence-electron chi connectivity index (χ1n) is 6.46. The normalized spacial score (nSPS) is 10.9. The van der Waals surface area contributed by atoms with E-state index in [4.69, 9.17) is 4.52 Å². The molecule has 0 aliphatic heterocycles. The maximum atomic E-state index is 12.0. The highest BCUT2D eigenvalue weighted by Crippen LogP contribution is 2.04. The standard InChI is InChI=1S/C13H18N4O2/c1-4-5-6-11-15-12(19-16-11)7-17-8-14-10(3)9(2)13(17)18/h8H,4-7H2,1-3H3. The van der Waals surface area contributed by atoms with Gasteiger partial charge in [0.05, 0.1) is 6.33 Å². The fourth-order valence-electron chi connectivity index (χ4n) is 1.72. The molecule has 0 aliphatic carbocycles. The molecule has 0 fully saturated rings. The van der Waals surface area contributed by atoms with Gasteiger partial charge in [0.15, 0.2) is 5.82 Å². The number of hydrogen-bond acceptors (Lipinski definition) is 5. The van der Waals surface area contributed by atoms with Crippen LogP contribution in [0.25, 0.3) is 0 Å². The van der Waals surface area contributed by atoms with Gasteiger partial charge < -0.3 is 4.52 Å². The minimum atomic E-state index is -0.0687. The van der Waals surface area contributed by atoms with Gasteiger partial charge in [0, 0.05) is 17.7 Å². The average molecular weight is 262 g/mol. The molecule has 2 aromatic rings. The number of aromatic nitrogens is 4. The van der Waals surface area contributed by atoms with E-state index in [0.717, 1.165) is 25.0 Å². The van der Waals surface area contributed by atoms with E-state index in [0.29, 0.717) is 17.3 Å². The van der Waals surface area contributed by atoms with Gasteiger partial charge in [0.2, 0.25) is 5.89 Å². The zero-order chi connectivity index (χ0) is 13.8. The van der Waals surface area contributed by atoms with Crippen LogP contribution < -0.4 is 5.56 Å². The smallest absolute Gasteiger partial charge is 0.256 e. The summed E-state index contributed by atoms with van der Waals surface area (Å²) in [5.74, 6) is 1.14. The molecule has 0 aliphatic rings. The monoisotopic (exact) mass is 262 g/mol. The summed E-state index contributed by atoms with van der Waals surface area (Å²) in [6.07, 6.45) is 4.44. The summed E-state index contributed by atoms with van der Waals surface area (Å²) in [5, 5.41) is 3.90. The molecule has 6 nitrogen and oxygen atoms in total. The molecule has 102 valence electrons. The highest BCUT2D eigenvalue weighted by molar-refractivity contribution is 5.12. The van der Waals surface area contributed by atoms with Crippen LogP contribution in [0.1, 0.15) is 42.7 Å². The maximum absolute atomic E-state index is 12.0. The lowest BCUT2D eigenvalue weighted by atomic mass is 10.2. The maximum Gasteiger partial charge on any atom is 0.256 e. The van der Waals surface area contributed by atoms with Crippen molar-refractivity contribution in [2.24, 2.45) is 0 Å². The van der Waals surface area contributed by atoms with Crippen molar-refractivity contribution in [3.63, 3.8) is 0 Å². The van der Waals surface area contributed by atoms with Gasteiger partial charge in [0.25, 0.3) is 5.56 Å². The molecule has 0 saturated heterocycles. The third kappa shape index (κ3) is 3.07. The van der Waals surface area contributed by atoms with E-state index in [1.54, 1.807) is 6.92 Å². The van der Waals surface area contributed by atoms with Gasteiger partial charge in [-0.25, -0.2) is 4.98 Å². The molecule has 6 heteroatoms. The van der Waals surface area contributed by atoms with E-state index in [1.165, 1.54) is 10.9 Å². The van der Waals surface area contributed by atoms with Crippen LogP contribution in [0.5, 0.6) is 0 Å². The zero-order valence-electron chi connectivity index (χ0n) is 11.5. The van der Waals surface area contributed by atoms with E-state index in [-0.39, 0.29) is 12.1 Å². The number of hydrogen-bond donors (Lipinski definition) is 0. The Morgan fingerprint density at radius 1 is 1.37 bits per heavy atom. The Morgan fingerprint density at radius 2 is 2.16 bits per heavy atom. The largest absolute Gasteiger partial charge is 0.337 e. The van der Waals surface area contributed by atoms with Crippen molar-refractivity contribution in [3.8, 4) is 0 Å². The Hall–Kier alpha value is -1.98. The predicted molar refractivity (Wildman–Crippen MR) is 70.0 cm³/mol. The van der Waals surface area contributed by atoms with Crippen LogP contribution in [0.3, 0.4) is 0 Å². The summed E-state index contributed by atoms with van der Waals surface area (Å²) in [5.41, 5.74) is 1.32. The molecular weight excluding hydrogens is 244 g/mol. The van der Waals surface area contributed by atoms with Crippen LogP contribution in [0.15, 0.2) is 15.6 Å². The Morgan fingerprint density at radius 3 is 2.89 bits per heavy atom. The first kappa shape index (κ1) is 13.5. The average Bonchev–Trinajstić information content (AvgIpc) is 2.85. The second-order valence-electron chi connectivity index (χ2n) is 4.60. The summed E-state index contributed by atoms with van der Waals surface area (Å²) in [6.45, 7) is 5.96. The van der Waals surface area contributed by atoms with Gasteiger partial charge in [0.1, 0.15) is 6.54 Å². The molecular formula is C13H18N4O2. The first-order valence-corrected chi connectivity index (χ1v) is 6.46. The van der Waals surface area contributed by atoms with Crippen molar-refractivity contribution in [2.75, 3.05) is 0 Å². The van der Waals surface area contributed by atoms with Gasteiger partial charge in [-0.05, 0) is 20.3 Å². The molecule has 0 saturated carbocycles. The minimum Gasteiger partial charge on any atom is -0.337 e. The molecule has 0 atom stereocenters. The lowest BCUT2D eigenvalue weighted by Gasteiger charge is -2.04. The molecule has 0 spiro atoms. The van der Waals surface area contributed by atoms with Crippen LogP contribution in [-0.4, -0.2) is 19.7 Å². The van der Waals surface area contributed by atoms with Crippen LogP contribution in [0, 0.1) is 13.8 Å². The molecule has 0 unspecified atom stereocenters. The molecule has 2 rings (SSSR count). The number of rotatable bonds is 5. The molecule has 0 aromatic carbocycles. The predicted octanol–water partition coefficient (Wildman–Crippen LogP) is 1.63. The zero-order valence-corrected chi connectivity index (χ0v) is 11.5. The van der Waals surface area contributed by atoms with Crippen LogP contribution in [0.2, 0.25) is 0 Å².